The summed E-state index contributed by atoms with van der Waals surface area (Å²) in [6.07, 6.45) is 6.65. The molecule has 0 radical (unpaired) electrons. The number of hydrogen-bond acceptors (Lipinski definition) is 3. The van der Waals surface area contributed by atoms with E-state index in [-0.39, 0.29) is 10.8 Å². The minimum absolute atomic E-state index is 0.272. The van der Waals surface area contributed by atoms with E-state index in [1.807, 2.05) is 0 Å². The molecule has 2 heterocycles. The van der Waals surface area contributed by atoms with E-state index < -0.39 is 0 Å². The summed E-state index contributed by atoms with van der Waals surface area (Å²) in [6.45, 7) is 5.28. The van der Waals surface area contributed by atoms with E-state index in [0.29, 0.717) is 36.2 Å². The number of Topliss-reactive ketones (excluding diaryl/α,β-unsaturated/α-hetero) is 2. The summed E-state index contributed by atoms with van der Waals surface area (Å²) in [5, 5.41) is 0. The lowest BCUT2D eigenvalue weighted by Crippen LogP contribution is -2.57. The molecule has 110 valence electrons. The zero-order valence-corrected chi connectivity index (χ0v) is 12.5. The number of nitrogens with zero attached hydrogens (tertiary/aromatic N) is 1. The highest BCUT2D eigenvalue weighted by molar-refractivity contribution is 6.00. The summed E-state index contributed by atoms with van der Waals surface area (Å²) < 4.78 is 0. The molecule has 4 rings (SSSR count). The van der Waals surface area contributed by atoms with Crippen molar-refractivity contribution in [3.05, 3.63) is 0 Å². The van der Waals surface area contributed by atoms with Crippen LogP contribution in [0.1, 0.15) is 51.9 Å². The van der Waals surface area contributed by atoms with Gasteiger partial charge in [-0.25, -0.2) is 0 Å². The van der Waals surface area contributed by atoms with E-state index in [1.165, 1.54) is 0 Å². The molecule has 1 unspecified atom stereocenters. The SMILES string of the molecule is C[C@H]1CC(=O)[C@]23CCCN4CCC[C@]2(C4)C(=O)C[C@@H]3C1. The monoisotopic (exact) mass is 275 g/mol. The molecule has 5 atom stereocenters. The Hall–Kier alpha value is -0.700. The summed E-state index contributed by atoms with van der Waals surface area (Å²) in [5.74, 6) is 1.70. The molecule has 0 N–H and O–H groups in total. The third-order valence-electron chi connectivity index (χ3n) is 6.85. The van der Waals surface area contributed by atoms with Gasteiger partial charge in [-0.3, -0.25) is 9.59 Å². The molecule has 0 aromatic carbocycles. The van der Waals surface area contributed by atoms with Gasteiger partial charge in [0, 0.05) is 24.8 Å². The van der Waals surface area contributed by atoms with Crippen molar-refractivity contribution in [2.75, 3.05) is 19.6 Å². The zero-order chi connectivity index (χ0) is 14.0. The van der Waals surface area contributed by atoms with Crippen LogP contribution in [0.3, 0.4) is 0 Å². The molecule has 2 aliphatic heterocycles. The van der Waals surface area contributed by atoms with Crippen LogP contribution in [0.2, 0.25) is 0 Å². The van der Waals surface area contributed by atoms with Crippen molar-refractivity contribution in [2.24, 2.45) is 22.7 Å². The maximum absolute atomic E-state index is 13.1. The fourth-order valence-corrected chi connectivity index (χ4v) is 6.17. The minimum Gasteiger partial charge on any atom is -0.302 e. The number of ketones is 2. The smallest absolute Gasteiger partial charge is 0.141 e. The van der Waals surface area contributed by atoms with E-state index in [1.54, 1.807) is 0 Å². The fraction of sp³-hybridized carbons (Fsp3) is 0.882. The van der Waals surface area contributed by atoms with Crippen LogP contribution >= 0.6 is 0 Å². The van der Waals surface area contributed by atoms with E-state index in [9.17, 15) is 9.59 Å². The molecular formula is C17H25NO2. The molecule has 4 aliphatic rings. The first kappa shape index (κ1) is 13.0. The lowest BCUT2D eigenvalue weighted by atomic mass is 9.51. The van der Waals surface area contributed by atoms with Crippen molar-refractivity contribution >= 4 is 11.6 Å². The second kappa shape index (κ2) is 4.16. The first-order valence-electron chi connectivity index (χ1n) is 8.37. The Kier molecular flexibility index (Phi) is 2.70. The van der Waals surface area contributed by atoms with Crippen LogP contribution in [0.25, 0.3) is 0 Å². The lowest BCUT2D eigenvalue weighted by Gasteiger charge is -2.51. The average molecular weight is 275 g/mol. The van der Waals surface area contributed by atoms with Crippen LogP contribution in [0, 0.1) is 22.7 Å². The number of fused-ring (bicyclic) bond motifs is 1. The molecule has 2 saturated carbocycles. The topological polar surface area (TPSA) is 37.4 Å². The zero-order valence-electron chi connectivity index (χ0n) is 12.5. The van der Waals surface area contributed by atoms with Gasteiger partial charge in [0.05, 0.1) is 5.41 Å². The van der Waals surface area contributed by atoms with Gasteiger partial charge in [0.15, 0.2) is 0 Å². The molecule has 4 fully saturated rings. The van der Waals surface area contributed by atoms with Crippen molar-refractivity contribution in [3.8, 4) is 0 Å². The maximum atomic E-state index is 13.1. The summed E-state index contributed by atoms with van der Waals surface area (Å²) in [7, 11) is 0. The molecule has 2 aliphatic carbocycles. The van der Waals surface area contributed by atoms with Gasteiger partial charge in [0.25, 0.3) is 0 Å². The van der Waals surface area contributed by atoms with Gasteiger partial charge in [-0.2, -0.15) is 0 Å². The number of carbonyl (C=O) groups is 2. The van der Waals surface area contributed by atoms with Crippen molar-refractivity contribution in [1.29, 1.82) is 0 Å². The normalized spacial score (nSPS) is 51.4. The van der Waals surface area contributed by atoms with E-state index in [2.05, 4.69) is 11.8 Å². The molecule has 2 bridgehead atoms. The van der Waals surface area contributed by atoms with Crippen molar-refractivity contribution in [2.45, 2.75) is 51.9 Å². The molecule has 0 aromatic rings. The number of carbonyl (C=O) groups excluding carboxylic acids is 2. The third-order valence-corrected chi connectivity index (χ3v) is 6.85. The average Bonchev–Trinajstić information content (AvgIpc) is 2.55. The van der Waals surface area contributed by atoms with Gasteiger partial charge >= 0.3 is 0 Å². The molecule has 2 spiro atoms. The van der Waals surface area contributed by atoms with Crippen molar-refractivity contribution in [1.82, 2.24) is 4.90 Å². The van der Waals surface area contributed by atoms with Crippen LogP contribution in [0.5, 0.6) is 0 Å². The molecule has 3 heteroatoms. The minimum atomic E-state index is -0.302. The van der Waals surface area contributed by atoms with Crippen LogP contribution in [-0.4, -0.2) is 36.1 Å². The Balaban J connectivity index is 1.86. The number of hydrogen-bond donors (Lipinski definition) is 0. The van der Waals surface area contributed by atoms with Crippen molar-refractivity contribution in [3.63, 3.8) is 0 Å². The predicted molar refractivity (Wildman–Crippen MR) is 76.3 cm³/mol. The Labute approximate surface area is 121 Å². The maximum Gasteiger partial charge on any atom is 0.141 e. The number of rotatable bonds is 0. The van der Waals surface area contributed by atoms with Crippen molar-refractivity contribution < 1.29 is 9.59 Å². The standard InChI is InChI=1S/C17H25NO2/c1-12-8-13-10-14(19)16-4-2-6-18(11-16)7-3-5-17(13,16)15(20)9-12/h12-13H,2-11H2,1H3/t12-,13+,16+,17-/m1/s1. The predicted octanol–water partition coefficient (Wildman–Crippen LogP) is 2.44. The van der Waals surface area contributed by atoms with Gasteiger partial charge in [-0.05, 0) is 57.0 Å². The lowest BCUT2D eigenvalue weighted by molar-refractivity contribution is -0.153. The van der Waals surface area contributed by atoms with Crippen LogP contribution in [0.4, 0.5) is 0 Å². The summed E-state index contributed by atoms with van der Waals surface area (Å²) >= 11 is 0. The van der Waals surface area contributed by atoms with E-state index >= 15 is 0 Å². The first-order chi connectivity index (χ1) is 9.58. The highest BCUT2D eigenvalue weighted by atomic mass is 16.1. The Morgan fingerprint density at radius 2 is 1.80 bits per heavy atom. The summed E-state index contributed by atoms with van der Waals surface area (Å²) in [4.78, 5) is 28.5. The largest absolute Gasteiger partial charge is 0.302 e. The summed E-state index contributed by atoms with van der Waals surface area (Å²) in [5.41, 5.74) is -0.574. The Bertz CT molecular complexity index is 474. The van der Waals surface area contributed by atoms with Gasteiger partial charge < -0.3 is 4.90 Å². The van der Waals surface area contributed by atoms with Gasteiger partial charge in [0.1, 0.15) is 11.6 Å². The second-order valence-corrected chi connectivity index (χ2v) is 7.83. The van der Waals surface area contributed by atoms with Gasteiger partial charge in [-0.1, -0.05) is 6.92 Å². The Morgan fingerprint density at radius 3 is 2.60 bits per heavy atom. The molecular weight excluding hydrogens is 250 g/mol. The molecule has 0 aromatic heterocycles. The van der Waals surface area contributed by atoms with E-state index in [0.717, 1.165) is 51.7 Å². The summed E-state index contributed by atoms with van der Waals surface area (Å²) in [6, 6.07) is 0. The highest BCUT2D eigenvalue weighted by Crippen LogP contribution is 2.65. The van der Waals surface area contributed by atoms with Gasteiger partial charge in [-0.15, -0.1) is 0 Å². The Morgan fingerprint density at radius 1 is 1.05 bits per heavy atom. The molecule has 0 amide bonds. The van der Waals surface area contributed by atoms with E-state index in [4.69, 9.17) is 0 Å². The molecule has 3 nitrogen and oxygen atoms in total. The fourth-order valence-electron chi connectivity index (χ4n) is 6.17. The quantitative estimate of drug-likeness (QED) is 0.681. The van der Waals surface area contributed by atoms with Crippen LogP contribution < -0.4 is 0 Å². The highest BCUT2D eigenvalue weighted by Gasteiger charge is 2.69. The molecule has 20 heavy (non-hydrogen) atoms. The van der Waals surface area contributed by atoms with Crippen LogP contribution in [-0.2, 0) is 9.59 Å². The third kappa shape index (κ3) is 1.40. The number of piperidine rings is 1. The first-order valence-corrected chi connectivity index (χ1v) is 8.37. The van der Waals surface area contributed by atoms with Crippen LogP contribution in [0.15, 0.2) is 0 Å². The second-order valence-electron chi connectivity index (χ2n) is 7.83. The van der Waals surface area contributed by atoms with Gasteiger partial charge in [0.2, 0.25) is 0 Å². The molecule has 2 saturated heterocycles.